The van der Waals surface area contributed by atoms with Crippen molar-refractivity contribution in [1.82, 2.24) is 14.8 Å². The van der Waals surface area contributed by atoms with Crippen LogP contribution in [-0.2, 0) is 11.4 Å². The lowest BCUT2D eigenvalue weighted by Gasteiger charge is -2.16. The molecule has 38 heavy (non-hydrogen) atoms. The number of thiazole rings is 1. The summed E-state index contributed by atoms with van der Waals surface area (Å²) < 4.78 is 27.8. The summed E-state index contributed by atoms with van der Waals surface area (Å²) in [6.07, 6.45) is 0. The van der Waals surface area contributed by atoms with E-state index in [0.29, 0.717) is 28.0 Å². The van der Waals surface area contributed by atoms with Crippen LogP contribution in [0.4, 0.5) is 10.2 Å². The Kier molecular flexibility index (Phi) is 6.50. The molecule has 1 aliphatic heterocycles. The topological polar surface area (TPSA) is 78.3 Å². The van der Waals surface area contributed by atoms with Crippen LogP contribution in [0.2, 0.25) is 0 Å². The average Bonchev–Trinajstić information content (AvgIpc) is 3.43. The fourth-order valence-corrected chi connectivity index (χ4v) is 6.55. The quantitative estimate of drug-likeness (QED) is 0.270. The molecule has 7 nitrogen and oxygen atoms in total. The number of thioether (sulfide) groups is 1. The van der Waals surface area contributed by atoms with Crippen molar-refractivity contribution >= 4 is 45.0 Å². The summed E-state index contributed by atoms with van der Waals surface area (Å²) in [7, 11) is 1.63. The molecule has 5 aromatic rings. The Hall–Kier alpha value is -3.89. The molecule has 1 N–H and O–H groups in total. The molecule has 0 saturated heterocycles. The standard InChI is InChI=1S/C28H23FN4O3S2/c1-16-25-26(17-7-9-19(10-8-17)36-14-18-5-3-4-6-21(18)29)37-15-24(34)31-27(25)33(32-16)28-30-22-12-11-20(35-2)13-23(22)38-28/h3-13,26H,14-15H2,1-2H3,(H,31,34)/t26-/m1/s1. The molecule has 0 saturated carbocycles. The van der Waals surface area contributed by atoms with Crippen LogP contribution in [0.5, 0.6) is 11.5 Å². The molecule has 192 valence electrons. The number of aromatic nitrogens is 3. The normalized spacial score (nSPS) is 15.1. The second kappa shape index (κ2) is 10.1. The zero-order valence-corrected chi connectivity index (χ0v) is 22.2. The molecule has 2 aromatic heterocycles. The molecule has 1 atom stereocenters. The summed E-state index contributed by atoms with van der Waals surface area (Å²) >= 11 is 3.03. The monoisotopic (exact) mass is 546 g/mol. The van der Waals surface area contributed by atoms with E-state index in [4.69, 9.17) is 19.6 Å². The summed E-state index contributed by atoms with van der Waals surface area (Å²) in [6, 6.07) is 20.0. The number of carbonyl (C=O) groups is 1. The highest BCUT2D eigenvalue weighted by atomic mass is 32.2. The number of benzene rings is 3. The van der Waals surface area contributed by atoms with Crippen molar-refractivity contribution < 1.29 is 18.7 Å². The SMILES string of the molecule is COc1ccc2nc(-n3nc(C)c4c3NC(=O)CS[C@@H]4c3ccc(OCc4ccccc4F)cc3)sc2c1. The minimum atomic E-state index is -0.288. The molecule has 10 heteroatoms. The van der Waals surface area contributed by atoms with Crippen LogP contribution in [-0.4, -0.2) is 33.5 Å². The fraction of sp³-hybridized carbons (Fsp3) is 0.179. The van der Waals surface area contributed by atoms with Gasteiger partial charge < -0.3 is 14.8 Å². The van der Waals surface area contributed by atoms with Crippen LogP contribution in [0.15, 0.2) is 66.7 Å². The van der Waals surface area contributed by atoms with Gasteiger partial charge in [0.1, 0.15) is 29.7 Å². The van der Waals surface area contributed by atoms with Crippen LogP contribution >= 0.6 is 23.1 Å². The van der Waals surface area contributed by atoms with Crippen molar-refractivity contribution in [2.24, 2.45) is 0 Å². The first-order valence-electron chi connectivity index (χ1n) is 11.9. The molecule has 0 bridgehead atoms. The Morgan fingerprint density at radius 2 is 1.89 bits per heavy atom. The van der Waals surface area contributed by atoms with Gasteiger partial charge in [-0.2, -0.15) is 9.78 Å². The molecule has 3 heterocycles. The predicted molar refractivity (Wildman–Crippen MR) is 148 cm³/mol. The Bertz CT molecular complexity index is 1650. The lowest BCUT2D eigenvalue weighted by atomic mass is 10.0. The van der Waals surface area contributed by atoms with E-state index in [9.17, 15) is 9.18 Å². The van der Waals surface area contributed by atoms with Crippen molar-refractivity contribution in [2.75, 3.05) is 18.2 Å². The summed E-state index contributed by atoms with van der Waals surface area (Å²) in [4.78, 5) is 17.5. The highest BCUT2D eigenvalue weighted by Gasteiger charge is 2.31. The van der Waals surface area contributed by atoms with Gasteiger partial charge in [-0.05, 0) is 48.9 Å². The third kappa shape index (κ3) is 4.61. The number of amides is 1. The van der Waals surface area contributed by atoms with Gasteiger partial charge in [-0.15, -0.1) is 11.8 Å². The molecule has 6 rings (SSSR count). The smallest absolute Gasteiger partial charge is 0.235 e. The van der Waals surface area contributed by atoms with Crippen LogP contribution < -0.4 is 14.8 Å². The number of carbonyl (C=O) groups excluding carboxylic acids is 1. The van der Waals surface area contributed by atoms with E-state index >= 15 is 0 Å². The van der Waals surface area contributed by atoms with Gasteiger partial charge in [0.05, 0.1) is 34.0 Å². The van der Waals surface area contributed by atoms with Gasteiger partial charge in [-0.1, -0.05) is 41.7 Å². The first-order valence-corrected chi connectivity index (χ1v) is 13.8. The van der Waals surface area contributed by atoms with Crippen molar-refractivity contribution in [3.05, 3.63) is 94.9 Å². The number of aryl methyl sites for hydroxylation is 1. The third-order valence-electron chi connectivity index (χ3n) is 6.31. The van der Waals surface area contributed by atoms with Crippen LogP contribution in [0.3, 0.4) is 0 Å². The van der Waals surface area contributed by atoms with Gasteiger partial charge in [0.2, 0.25) is 11.0 Å². The molecule has 0 fully saturated rings. The molecule has 0 aliphatic carbocycles. The molecular formula is C28H23FN4O3S2. The van der Waals surface area contributed by atoms with E-state index in [2.05, 4.69) is 5.32 Å². The second-order valence-corrected chi connectivity index (χ2v) is 10.9. The van der Waals surface area contributed by atoms with Gasteiger partial charge in [-0.25, -0.2) is 9.37 Å². The van der Waals surface area contributed by atoms with Gasteiger partial charge in [-0.3, -0.25) is 4.79 Å². The zero-order valence-electron chi connectivity index (χ0n) is 20.6. The average molecular weight is 547 g/mol. The van der Waals surface area contributed by atoms with Gasteiger partial charge >= 0.3 is 0 Å². The van der Waals surface area contributed by atoms with Crippen molar-refractivity contribution in [1.29, 1.82) is 0 Å². The number of nitrogens with zero attached hydrogens (tertiary/aromatic N) is 3. The van der Waals surface area contributed by atoms with Crippen LogP contribution in [0, 0.1) is 12.7 Å². The van der Waals surface area contributed by atoms with E-state index in [1.54, 1.807) is 41.8 Å². The van der Waals surface area contributed by atoms with E-state index in [1.165, 1.54) is 17.4 Å². The number of anilines is 1. The molecule has 1 aliphatic rings. The molecular weight excluding hydrogens is 523 g/mol. The summed E-state index contributed by atoms with van der Waals surface area (Å²) in [5, 5.41) is 8.39. The van der Waals surface area contributed by atoms with Crippen molar-refractivity contribution in [3.8, 4) is 16.6 Å². The second-order valence-electron chi connectivity index (χ2n) is 8.78. The molecule has 0 spiro atoms. The minimum Gasteiger partial charge on any atom is -0.497 e. The minimum absolute atomic E-state index is 0.0903. The Balaban J connectivity index is 1.32. The molecule has 0 radical (unpaired) electrons. The van der Waals surface area contributed by atoms with E-state index in [-0.39, 0.29) is 23.6 Å². The zero-order chi connectivity index (χ0) is 26.2. The molecule has 1 amide bonds. The number of fused-ring (bicyclic) bond motifs is 2. The number of hydrogen-bond donors (Lipinski definition) is 1. The number of halogens is 1. The lowest BCUT2D eigenvalue weighted by Crippen LogP contribution is -2.15. The third-order valence-corrected chi connectivity index (χ3v) is 8.57. The summed E-state index contributed by atoms with van der Waals surface area (Å²) in [5.41, 5.74) is 4.11. The maximum atomic E-state index is 13.9. The Morgan fingerprint density at radius 1 is 1.11 bits per heavy atom. The maximum absolute atomic E-state index is 13.9. The number of ether oxygens (including phenoxy) is 2. The highest BCUT2D eigenvalue weighted by molar-refractivity contribution is 8.00. The fourth-order valence-electron chi connectivity index (χ4n) is 4.41. The van der Waals surface area contributed by atoms with Crippen molar-refractivity contribution in [3.63, 3.8) is 0 Å². The number of methoxy groups -OCH3 is 1. The van der Waals surface area contributed by atoms with E-state index in [0.717, 1.165) is 32.8 Å². The van der Waals surface area contributed by atoms with Crippen LogP contribution in [0.25, 0.3) is 15.3 Å². The highest BCUT2D eigenvalue weighted by Crippen LogP contribution is 2.44. The number of rotatable bonds is 6. The van der Waals surface area contributed by atoms with Crippen LogP contribution in [0.1, 0.15) is 27.6 Å². The lowest BCUT2D eigenvalue weighted by molar-refractivity contribution is -0.113. The Labute approximate surface area is 226 Å². The maximum Gasteiger partial charge on any atom is 0.235 e. The Morgan fingerprint density at radius 3 is 2.68 bits per heavy atom. The van der Waals surface area contributed by atoms with Gasteiger partial charge in [0.15, 0.2) is 0 Å². The number of nitrogens with one attached hydrogen (secondary N) is 1. The molecule has 0 unspecified atom stereocenters. The summed E-state index contributed by atoms with van der Waals surface area (Å²) in [5.74, 6) is 1.96. The predicted octanol–water partition coefficient (Wildman–Crippen LogP) is 6.29. The summed E-state index contributed by atoms with van der Waals surface area (Å²) in [6.45, 7) is 2.09. The van der Waals surface area contributed by atoms with Gasteiger partial charge in [0, 0.05) is 11.1 Å². The largest absolute Gasteiger partial charge is 0.497 e. The van der Waals surface area contributed by atoms with Gasteiger partial charge in [0.25, 0.3) is 0 Å². The van der Waals surface area contributed by atoms with E-state index in [1.807, 2.05) is 49.4 Å². The first kappa shape index (κ1) is 24.4. The first-order chi connectivity index (χ1) is 18.5. The van der Waals surface area contributed by atoms with Crippen molar-refractivity contribution in [2.45, 2.75) is 18.8 Å². The molecule has 3 aromatic carbocycles. The number of hydrogen-bond acceptors (Lipinski definition) is 7. The van der Waals surface area contributed by atoms with E-state index < -0.39 is 0 Å².